The number of likely N-dealkylation sites (tertiary alicyclic amines) is 1. The van der Waals surface area contributed by atoms with E-state index >= 15 is 0 Å². The topological polar surface area (TPSA) is 109 Å². The number of aliphatic carboxylic acids is 1. The molecule has 1 saturated heterocycles. The summed E-state index contributed by atoms with van der Waals surface area (Å²) < 4.78 is 10.8. The number of aryl methyl sites for hydroxylation is 1. The van der Waals surface area contributed by atoms with E-state index in [-0.39, 0.29) is 5.92 Å². The zero-order chi connectivity index (χ0) is 24.5. The summed E-state index contributed by atoms with van der Waals surface area (Å²) in [5, 5.41) is 25.9. The van der Waals surface area contributed by atoms with Crippen LogP contribution in [-0.2, 0) is 4.79 Å². The molecule has 2 aliphatic rings. The number of methoxy groups -OCH3 is 1. The van der Waals surface area contributed by atoms with E-state index in [1.807, 2.05) is 37.3 Å². The Morgan fingerprint density at radius 2 is 2.11 bits per heavy atom. The molecule has 2 fully saturated rings. The van der Waals surface area contributed by atoms with E-state index in [4.69, 9.17) is 9.26 Å². The molecule has 3 atom stereocenters. The third kappa shape index (κ3) is 4.90. The molecule has 1 aromatic carbocycles. The molecule has 186 valence electrons. The monoisotopic (exact) mass is 479 g/mol. The lowest BCUT2D eigenvalue weighted by molar-refractivity contribution is -0.147. The minimum Gasteiger partial charge on any atom is -0.497 e. The molecule has 1 aliphatic carbocycles. The summed E-state index contributed by atoms with van der Waals surface area (Å²) in [5.41, 5.74) is 2.51. The maximum Gasteiger partial charge on any atom is 0.308 e. The maximum atomic E-state index is 12.2. The SMILES string of the molecule is COc1ccc2nccc(C(O)CC[C@@H]3CCN(C4CC(c5cc(C)no5)C4)C[C@@H]3C(=O)O)c2c1. The number of piperidine rings is 1. The predicted molar refractivity (Wildman–Crippen MR) is 130 cm³/mol. The Hall–Kier alpha value is -2.97. The Kier molecular flexibility index (Phi) is 6.75. The fourth-order valence-electron chi connectivity index (χ4n) is 5.77. The van der Waals surface area contributed by atoms with Crippen molar-refractivity contribution in [1.29, 1.82) is 0 Å². The Bertz CT molecular complexity index is 1190. The first kappa shape index (κ1) is 23.8. The number of aromatic nitrogens is 2. The molecule has 35 heavy (non-hydrogen) atoms. The van der Waals surface area contributed by atoms with Crippen LogP contribution in [-0.4, -0.2) is 57.5 Å². The smallest absolute Gasteiger partial charge is 0.308 e. The molecule has 2 N–H and O–H groups in total. The van der Waals surface area contributed by atoms with Gasteiger partial charge in [0, 0.05) is 36.2 Å². The Labute approximate surface area is 204 Å². The van der Waals surface area contributed by atoms with Crippen molar-refractivity contribution < 1.29 is 24.3 Å². The van der Waals surface area contributed by atoms with Crippen LogP contribution in [0.2, 0.25) is 0 Å². The second-order valence-corrected chi connectivity index (χ2v) is 10.1. The van der Waals surface area contributed by atoms with Gasteiger partial charge in [0.2, 0.25) is 0 Å². The fraction of sp³-hybridized carbons (Fsp3) is 0.519. The predicted octanol–water partition coefficient (Wildman–Crippen LogP) is 4.32. The molecule has 2 aromatic heterocycles. The molecule has 5 rings (SSSR count). The van der Waals surface area contributed by atoms with Gasteiger partial charge in [-0.05, 0) is 81.3 Å². The van der Waals surface area contributed by atoms with Crippen LogP contribution in [0, 0.1) is 18.8 Å². The summed E-state index contributed by atoms with van der Waals surface area (Å²) in [5.74, 6) is 0.930. The number of carboxylic acids is 1. The fourth-order valence-corrected chi connectivity index (χ4v) is 5.77. The minimum atomic E-state index is -0.741. The number of hydrogen-bond donors (Lipinski definition) is 2. The number of hydrogen-bond acceptors (Lipinski definition) is 7. The van der Waals surface area contributed by atoms with Gasteiger partial charge in [-0.25, -0.2) is 0 Å². The van der Waals surface area contributed by atoms with Crippen LogP contribution in [0.1, 0.15) is 61.1 Å². The van der Waals surface area contributed by atoms with Gasteiger partial charge in [-0.2, -0.15) is 0 Å². The largest absolute Gasteiger partial charge is 0.497 e. The molecule has 0 amide bonds. The molecule has 0 spiro atoms. The Balaban J connectivity index is 1.20. The van der Waals surface area contributed by atoms with Crippen molar-refractivity contribution >= 4 is 16.9 Å². The lowest BCUT2D eigenvalue weighted by Gasteiger charge is -2.46. The average Bonchev–Trinajstić information content (AvgIpc) is 3.26. The Morgan fingerprint density at radius 1 is 1.29 bits per heavy atom. The van der Waals surface area contributed by atoms with Crippen LogP contribution in [0.3, 0.4) is 0 Å². The first-order chi connectivity index (χ1) is 16.9. The van der Waals surface area contributed by atoms with Crippen molar-refractivity contribution in [2.24, 2.45) is 11.8 Å². The standard InChI is InChI=1S/C27H33N3O5/c1-16-11-26(35-29-16)18-12-19(13-18)30-10-8-17(23(15-30)27(32)33)3-6-25(31)21-7-9-28-24-5-4-20(34-2)14-22(21)24/h4-5,7,9,11,14,17-19,23,25,31H,3,6,8,10,12-13,15H2,1-2H3,(H,32,33)/t17-,18?,19?,23+,25?/m1/s1. The van der Waals surface area contributed by atoms with Gasteiger partial charge in [-0.15, -0.1) is 0 Å². The van der Waals surface area contributed by atoms with Crippen molar-refractivity contribution in [3.05, 3.63) is 53.5 Å². The number of carboxylic acid groups (broad SMARTS) is 1. The molecule has 8 heteroatoms. The highest BCUT2D eigenvalue weighted by Gasteiger charge is 2.42. The second-order valence-electron chi connectivity index (χ2n) is 10.1. The van der Waals surface area contributed by atoms with E-state index in [1.165, 1.54) is 0 Å². The summed E-state index contributed by atoms with van der Waals surface area (Å²) in [6, 6.07) is 9.87. The number of aliphatic hydroxyl groups excluding tert-OH is 1. The number of pyridine rings is 1. The van der Waals surface area contributed by atoms with E-state index in [9.17, 15) is 15.0 Å². The lowest BCUT2D eigenvalue weighted by Crippen LogP contribution is -2.52. The number of nitrogens with zero attached hydrogens (tertiary/aromatic N) is 3. The van der Waals surface area contributed by atoms with Crippen molar-refractivity contribution in [3.8, 4) is 5.75 Å². The highest BCUT2D eigenvalue weighted by molar-refractivity contribution is 5.83. The van der Waals surface area contributed by atoms with Gasteiger partial charge in [-0.3, -0.25) is 14.7 Å². The van der Waals surface area contributed by atoms with Crippen LogP contribution < -0.4 is 4.74 Å². The maximum absolute atomic E-state index is 12.2. The van der Waals surface area contributed by atoms with Crippen molar-refractivity contribution in [3.63, 3.8) is 0 Å². The van der Waals surface area contributed by atoms with Crippen molar-refractivity contribution in [2.45, 2.75) is 57.1 Å². The van der Waals surface area contributed by atoms with Gasteiger partial charge in [0.15, 0.2) is 0 Å². The van der Waals surface area contributed by atoms with E-state index in [2.05, 4.69) is 15.0 Å². The highest BCUT2D eigenvalue weighted by atomic mass is 16.5. The van der Waals surface area contributed by atoms with Crippen LogP contribution in [0.5, 0.6) is 5.75 Å². The summed E-state index contributed by atoms with van der Waals surface area (Å²) in [4.78, 5) is 18.9. The van der Waals surface area contributed by atoms with E-state index < -0.39 is 18.0 Å². The second kappa shape index (κ2) is 9.95. The van der Waals surface area contributed by atoms with Gasteiger partial charge in [0.25, 0.3) is 0 Å². The first-order valence-electron chi connectivity index (χ1n) is 12.4. The first-order valence-corrected chi connectivity index (χ1v) is 12.4. The number of aliphatic hydroxyl groups is 1. The van der Waals surface area contributed by atoms with Crippen LogP contribution >= 0.6 is 0 Å². The zero-order valence-electron chi connectivity index (χ0n) is 20.3. The Morgan fingerprint density at radius 3 is 2.83 bits per heavy atom. The van der Waals surface area contributed by atoms with Crippen LogP contribution in [0.15, 0.2) is 41.1 Å². The van der Waals surface area contributed by atoms with Gasteiger partial charge >= 0.3 is 5.97 Å². The summed E-state index contributed by atoms with van der Waals surface area (Å²) >= 11 is 0. The van der Waals surface area contributed by atoms with Crippen molar-refractivity contribution in [2.75, 3.05) is 20.2 Å². The number of ether oxygens (including phenoxy) is 1. The van der Waals surface area contributed by atoms with Crippen LogP contribution in [0.4, 0.5) is 0 Å². The number of carbonyl (C=O) groups is 1. The van der Waals surface area contributed by atoms with E-state index in [1.54, 1.807) is 13.3 Å². The van der Waals surface area contributed by atoms with Gasteiger partial charge < -0.3 is 19.5 Å². The van der Waals surface area contributed by atoms with E-state index in [0.29, 0.717) is 37.1 Å². The third-order valence-corrected chi connectivity index (χ3v) is 7.94. The third-order valence-electron chi connectivity index (χ3n) is 7.94. The van der Waals surface area contributed by atoms with Crippen molar-refractivity contribution in [1.82, 2.24) is 15.0 Å². The molecule has 1 aliphatic heterocycles. The van der Waals surface area contributed by atoms with Gasteiger partial charge in [-0.1, -0.05) is 5.16 Å². The number of rotatable bonds is 8. The summed E-state index contributed by atoms with van der Waals surface area (Å²) in [7, 11) is 1.62. The molecular weight excluding hydrogens is 446 g/mol. The molecular formula is C27H33N3O5. The molecule has 3 aromatic rings. The molecule has 0 radical (unpaired) electrons. The number of benzene rings is 1. The highest BCUT2D eigenvalue weighted by Crippen LogP contribution is 2.42. The van der Waals surface area contributed by atoms with E-state index in [0.717, 1.165) is 53.7 Å². The molecule has 8 nitrogen and oxygen atoms in total. The molecule has 1 unspecified atom stereocenters. The minimum absolute atomic E-state index is 0.0498. The van der Waals surface area contributed by atoms with Gasteiger partial charge in [0.05, 0.1) is 30.3 Å². The van der Waals surface area contributed by atoms with Crippen LogP contribution in [0.25, 0.3) is 10.9 Å². The molecule has 1 saturated carbocycles. The quantitative estimate of drug-likeness (QED) is 0.492. The lowest BCUT2D eigenvalue weighted by atomic mass is 9.74. The molecule has 3 heterocycles. The average molecular weight is 480 g/mol. The zero-order valence-corrected chi connectivity index (χ0v) is 20.3. The normalized spacial score (nSPS) is 25.8. The summed E-state index contributed by atoms with van der Waals surface area (Å²) in [6.45, 7) is 3.39. The number of fused-ring (bicyclic) bond motifs is 1. The summed E-state index contributed by atoms with van der Waals surface area (Å²) in [6.07, 6.45) is 5.02. The van der Waals surface area contributed by atoms with Gasteiger partial charge in [0.1, 0.15) is 11.5 Å². The molecule has 0 bridgehead atoms.